The number of likely N-dealkylation sites (N-methyl/N-ethyl adjacent to an activating group) is 1. The lowest BCUT2D eigenvalue weighted by Crippen LogP contribution is -2.29. The molecule has 3 nitrogen and oxygen atoms in total. The normalized spacial score (nSPS) is 10.7. The summed E-state index contributed by atoms with van der Waals surface area (Å²) < 4.78 is 5.81. The van der Waals surface area contributed by atoms with E-state index >= 15 is 0 Å². The van der Waals surface area contributed by atoms with Gasteiger partial charge in [0.05, 0.1) is 6.54 Å². The Bertz CT molecular complexity index is 1070. The molecule has 3 heteroatoms. The molecular formula is C31H37NO2. The lowest BCUT2D eigenvalue weighted by atomic mass is 9.93. The third-order valence-electron chi connectivity index (χ3n) is 6.25. The van der Waals surface area contributed by atoms with Crippen LogP contribution in [0.1, 0.15) is 44.2 Å². The number of rotatable bonds is 12. The van der Waals surface area contributed by atoms with Crippen molar-refractivity contribution in [3.05, 3.63) is 90.5 Å². The summed E-state index contributed by atoms with van der Waals surface area (Å²) in [5, 5.41) is 0. The minimum atomic E-state index is -0.0996. The molecule has 0 aromatic heterocycles. The van der Waals surface area contributed by atoms with Gasteiger partial charge >= 0.3 is 0 Å². The first kappa shape index (κ1) is 25.3. The molecule has 0 atom stereocenters. The summed E-state index contributed by atoms with van der Waals surface area (Å²) in [7, 11) is 1.74. The van der Waals surface area contributed by atoms with Crippen LogP contribution < -0.4 is 4.74 Å². The van der Waals surface area contributed by atoms with Crippen molar-refractivity contribution < 1.29 is 9.53 Å². The van der Waals surface area contributed by atoms with Crippen LogP contribution in [-0.2, 0) is 17.6 Å². The SMILES string of the molecule is C=CC(=O)N(C)CCOc1ccc(-c2ccc(-c3ccc(CCCCC)cc3)cc2CC)cc1. The minimum Gasteiger partial charge on any atom is -0.492 e. The summed E-state index contributed by atoms with van der Waals surface area (Å²) in [5.74, 6) is 0.703. The molecule has 0 bridgehead atoms. The van der Waals surface area contributed by atoms with Gasteiger partial charge in [-0.2, -0.15) is 0 Å². The molecule has 0 saturated heterocycles. The lowest BCUT2D eigenvalue weighted by molar-refractivity contribution is -0.125. The maximum Gasteiger partial charge on any atom is 0.245 e. The zero-order valence-electron chi connectivity index (χ0n) is 20.8. The Labute approximate surface area is 205 Å². The van der Waals surface area contributed by atoms with E-state index in [1.165, 1.54) is 58.7 Å². The van der Waals surface area contributed by atoms with E-state index in [0.29, 0.717) is 13.2 Å². The minimum absolute atomic E-state index is 0.0996. The highest BCUT2D eigenvalue weighted by molar-refractivity contribution is 5.86. The van der Waals surface area contributed by atoms with E-state index < -0.39 is 0 Å². The molecule has 0 fully saturated rings. The molecule has 34 heavy (non-hydrogen) atoms. The highest BCUT2D eigenvalue weighted by atomic mass is 16.5. The van der Waals surface area contributed by atoms with E-state index in [4.69, 9.17) is 4.74 Å². The van der Waals surface area contributed by atoms with Gasteiger partial charge in [-0.25, -0.2) is 0 Å². The van der Waals surface area contributed by atoms with Gasteiger partial charge in [0.15, 0.2) is 0 Å². The van der Waals surface area contributed by atoms with Crippen molar-refractivity contribution in [1.29, 1.82) is 0 Å². The van der Waals surface area contributed by atoms with Gasteiger partial charge in [-0.1, -0.05) is 87.9 Å². The summed E-state index contributed by atoms with van der Waals surface area (Å²) in [4.78, 5) is 13.1. The van der Waals surface area contributed by atoms with E-state index in [1.807, 2.05) is 12.1 Å². The predicted octanol–water partition coefficient (Wildman–Crippen LogP) is 7.34. The molecule has 0 spiro atoms. The topological polar surface area (TPSA) is 29.5 Å². The molecule has 0 unspecified atom stereocenters. The van der Waals surface area contributed by atoms with Crippen LogP contribution in [0.25, 0.3) is 22.3 Å². The van der Waals surface area contributed by atoms with Crippen LogP contribution in [0.5, 0.6) is 5.75 Å². The first-order valence-electron chi connectivity index (χ1n) is 12.4. The van der Waals surface area contributed by atoms with Crippen molar-refractivity contribution in [1.82, 2.24) is 4.90 Å². The van der Waals surface area contributed by atoms with Crippen LogP contribution in [0, 0.1) is 0 Å². The summed E-state index contributed by atoms with van der Waals surface area (Å²) in [6, 6.07) is 24.0. The second kappa shape index (κ2) is 12.8. The number of amides is 1. The smallest absolute Gasteiger partial charge is 0.245 e. The van der Waals surface area contributed by atoms with Gasteiger partial charge in [0.1, 0.15) is 12.4 Å². The molecule has 178 valence electrons. The van der Waals surface area contributed by atoms with Crippen molar-refractivity contribution in [3.8, 4) is 28.0 Å². The zero-order chi connectivity index (χ0) is 24.3. The average molecular weight is 456 g/mol. The van der Waals surface area contributed by atoms with Crippen molar-refractivity contribution in [2.24, 2.45) is 0 Å². The third-order valence-corrected chi connectivity index (χ3v) is 6.25. The third kappa shape index (κ3) is 6.84. The lowest BCUT2D eigenvalue weighted by Gasteiger charge is -2.16. The summed E-state index contributed by atoms with van der Waals surface area (Å²) in [6.07, 6.45) is 7.27. The molecule has 0 aliphatic heterocycles. The number of nitrogens with zero attached hydrogens (tertiary/aromatic N) is 1. The Balaban J connectivity index is 1.67. The monoisotopic (exact) mass is 455 g/mol. The average Bonchev–Trinajstić information content (AvgIpc) is 2.88. The molecular weight excluding hydrogens is 418 g/mol. The number of hydrogen-bond donors (Lipinski definition) is 0. The summed E-state index contributed by atoms with van der Waals surface area (Å²) in [6.45, 7) is 8.93. The predicted molar refractivity (Wildman–Crippen MR) is 143 cm³/mol. The number of carbonyl (C=O) groups is 1. The molecule has 0 N–H and O–H groups in total. The standard InChI is InChI=1S/C31H37NO2/c1-5-8-9-10-24-11-13-26(14-12-24)28-17-20-30(25(6-2)23-28)27-15-18-29(19-16-27)34-22-21-32(4)31(33)7-3/h7,11-20,23H,3,5-6,8-10,21-22H2,1-2,4H3. The van der Waals surface area contributed by atoms with Crippen LogP contribution in [-0.4, -0.2) is 31.0 Å². The van der Waals surface area contributed by atoms with Crippen LogP contribution in [0.2, 0.25) is 0 Å². The number of aryl methyl sites for hydroxylation is 2. The van der Waals surface area contributed by atoms with Crippen LogP contribution in [0.3, 0.4) is 0 Å². The fraction of sp³-hybridized carbons (Fsp3) is 0.323. The highest BCUT2D eigenvalue weighted by Crippen LogP contribution is 2.31. The Morgan fingerprint density at radius 1 is 0.912 bits per heavy atom. The second-order valence-corrected chi connectivity index (χ2v) is 8.72. The quantitative estimate of drug-likeness (QED) is 0.211. The van der Waals surface area contributed by atoms with Gasteiger partial charge in [0, 0.05) is 7.05 Å². The molecule has 3 aromatic carbocycles. The fourth-order valence-corrected chi connectivity index (χ4v) is 4.09. The van der Waals surface area contributed by atoms with Crippen molar-refractivity contribution in [2.75, 3.05) is 20.2 Å². The highest BCUT2D eigenvalue weighted by Gasteiger charge is 2.08. The Morgan fingerprint density at radius 2 is 1.59 bits per heavy atom. The van der Waals surface area contributed by atoms with Crippen LogP contribution in [0.15, 0.2) is 79.4 Å². The van der Waals surface area contributed by atoms with Gasteiger partial charge in [0.2, 0.25) is 5.91 Å². The van der Waals surface area contributed by atoms with Gasteiger partial charge in [-0.3, -0.25) is 4.79 Å². The van der Waals surface area contributed by atoms with Crippen molar-refractivity contribution in [2.45, 2.75) is 46.0 Å². The zero-order valence-corrected chi connectivity index (χ0v) is 20.8. The van der Waals surface area contributed by atoms with Gasteiger partial charge in [-0.15, -0.1) is 0 Å². The molecule has 3 aromatic rings. The van der Waals surface area contributed by atoms with Crippen molar-refractivity contribution >= 4 is 5.91 Å². The first-order valence-corrected chi connectivity index (χ1v) is 12.4. The van der Waals surface area contributed by atoms with E-state index in [-0.39, 0.29) is 5.91 Å². The molecule has 0 aliphatic carbocycles. The maximum absolute atomic E-state index is 11.5. The number of hydrogen-bond acceptors (Lipinski definition) is 2. The molecule has 0 saturated carbocycles. The molecule has 0 heterocycles. The summed E-state index contributed by atoms with van der Waals surface area (Å²) in [5.41, 5.74) is 7.72. The van der Waals surface area contributed by atoms with E-state index in [2.05, 4.69) is 75.0 Å². The number of benzene rings is 3. The van der Waals surface area contributed by atoms with Gasteiger partial charge in [0.25, 0.3) is 0 Å². The van der Waals surface area contributed by atoms with Crippen molar-refractivity contribution in [3.63, 3.8) is 0 Å². The maximum atomic E-state index is 11.5. The second-order valence-electron chi connectivity index (χ2n) is 8.72. The van der Waals surface area contributed by atoms with Crippen LogP contribution >= 0.6 is 0 Å². The fourth-order valence-electron chi connectivity index (χ4n) is 4.09. The number of unbranched alkanes of at least 4 members (excludes halogenated alkanes) is 2. The van der Waals surface area contributed by atoms with Gasteiger partial charge < -0.3 is 9.64 Å². The molecule has 3 rings (SSSR count). The van der Waals surface area contributed by atoms with E-state index in [9.17, 15) is 4.79 Å². The summed E-state index contributed by atoms with van der Waals surface area (Å²) >= 11 is 0. The Hall–Kier alpha value is -3.33. The molecule has 1 amide bonds. The molecule has 0 radical (unpaired) electrons. The largest absolute Gasteiger partial charge is 0.492 e. The van der Waals surface area contributed by atoms with Gasteiger partial charge in [-0.05, 0) is 70.9 Å². The van der Waals surface area contributed by atoms with Crippen LogP contribution in [0.4, 0.5) is 0 Å². The Kier molecular flexibility index (Phi) is 9.51. The van der Waals surface area contributed by atoms with E-state index in [1.54, 1.807) is 11.9 Å². The number of carbonyl (C=O) groups excluding carboxylic acids is 1. The molecule has 0 aliphatic rings. The van der Waals surface area contributed by atoms with E-state index in [0.717, 1.165) is 18.6 Å². The Morgan fingerprint density at radius 3 is 2.24 bits per heavy atom. The number of ether oxygens (including phenoxy) is 1. The first-order chi connectivity index (χ1) is 16.5.